The first-order chi connectivity index (χ1) is 11.6. The molecule has 0 amide bonds. The largest absolute Gasteiger partial charge is 0.466 e. The van der Waals surface area contributed by atoms with Crippen molar-refractivity contribution in [1.82, 2.24) is 9.21 Å². The summed E-state index contributed by atoms with van der Waals surface area (Å²) in [5.41, 5.74) is 1.07. The summed E-state index contributed by atoms with van der Waals surface area (Å²) < 4.78 is 20.6. The molecule has 0 aromatic heterocycles. The van der Waals surface area contributed by atoms with Gasteiger partial charge in [-0.05, 0) is 53.1 Å². The lowest BCUT2D eigenvalue weighted by Gasteiger charge is -2.36. The van der Waals surface area contributed by atoms with E-state index >= 15 is 0 Å². The number of ether oxygens (including phenoxy) is 1. The minimum absolute atomic E-state index is 0.108. The molecule has 1 aliphatic rings. The van der Waals surface area contributed by atoms with Gasteiger partial charge < -0.3 is 4.74 Å². The standard InChI is InChI=1S/C17H24FIN2O2S/c1-2-23-17(22)11-16-13-21(24-19)10-4-3-9-20(16)12-14-5-7-15(18)8-6-14/h5-8,16H,2-4,9-13H2,1H3. The number of esters is 1. The van der Waals surface area contributed by atoms with Crippen molar-refractivity contribution in [2.75, 3.05) is 26.2 Å². The molecule has 1 heterocycles. The molecule has 24 heavy (non-hydrogen) atoms. The molecule has 1 atom stereocenters. The van der Waals surface area contributed by atoms with E-state index in [1.54, 1.807) is 9.12 Å². The number of carbonyl (C=O) groups is 1. The van der Waals surface area contributed by atoms with E-state index in [0.29, 0.717) is 13.0 Å². The summed E-state index contributed by atoms with van der Waals surface area (Å²) in [7, 11) is 1.70. The smallest absolute Gasteiger partial charge is 0.307 e. The zero-order valence-corrected chi connectivity index (χ0v) is 16.9. The third-order valence-corrected chi connectivity index (χ3v) is 6.34. The van der Waals surface area contributed by atoms with Gasteiger partial charge in [0, 0.05) is 46.9 Å². The molecule has 1 aliphatic heterocycles. The van der Waals surface area contributed by atoms with Crippen molar-refractivity contribution >= 4 is 36.3 Å². The van der Waals surface area contributed by atoms with Crippen LogP contribution in [0.2, 0.25) is 0 Å². The van der Waals surface area contributed by atoms with Crippen molar-refractivity contribution < 1.29 is 13.9 Å². The Morgan fingerprint density at radius 1 is 1.33 bits per heavy atom. The Kier molecular flexibility index (Phi) is 8.79. The second-order valence-corrected chi connectivity index (χ2v) is 7.76. The van der Waals surface area contributed by atoms with Gasteiger partial charge in [0.1, 0.15) is 5.82 Å². The van der Waals surface area contributed by atoms with Crippen LogP contribution in [0.5, 0.6) is 0 Å². The van der Waals surface area contributed by atoms with Gasteiger partial charge in [-0.25, -0.2) is 8.70 Å². The van der Waals surface area contributed by atoms with Crippen LogP contribution < -0.4 is 0 Å². The fourth-order valence-electron chi connectivity index (χ4n) is 2.93. The predicted molar refractivity (Wildman–Crippen MR) is 104 cm³/mol. The first-order valence-corrected chi connectivity index (χ1v) is 11.6. The fraction of sp³-hybridized carbons (Fsp3) is 0.588. The highest BCUT2D eigenvalue weighted by atomic mass is 127. The molecule has 1 aromatic rings. The van der Waals surface area contributed by atoms with E-state index in [4.69, 9.17) is 4.74 Å². The first-order valence-electron chi connectivity index (χ1n) is 8.30. The summed E-state index contributed by atoms with van der Waals surface area (Å²) in [5, 5.41) is 0. The summed E-state index contributed by atoms with van der Waals surface area (Å²) >= 11 is 2.30. The first kappa shape index (κ1) is 19.9. The molecule has 0 radical (unpaired) electrons. The van der Waals surface area contributed by atoms with Gasteiger partial charge in [0.25, 0.3) is 0 Å². The van der Waals surface area contributed by atoms with Crippen molar-refractivity contribution in [3.05, 3.63) is 35.6 Å². The predicted octanol–water partition coefficient (Wildman–Crippen LogP) is 4.04. The Morgan fingerprint density at radius 3 is 2.71 bits per heavy atom. The lowest BCUT2D eigenvalue weighted by Crippen LogP contribution is -2.45. The van der Waals surface area contributed by atoms with Gasteiger partial charge in [0.05, 0.1) is 13.0 Å². The van der Waals surface area contributed by atoms with Gasteiger partial charge >= 0.3 is 5.97 Å². The molecule has 0 saturated carbocycles. The molecule has 0 aliphatic carbocycles. The highest BCUT2D eigenvalue weighted by Gasteiger charge is 2.26. The van der Waals surface area contributed by atoms with Crippen LogP contribution in [0.1, 0.15) is 31.7 Å². The number of nitrogens with zero attached hydrogens (tertiary/aromatic N) is 2. The second kappa shape index (κ2) is 10.6. The summed E-state index contributed by atoms with van der Waals surface area (Å²) in [5.74, 6) is -0.368. The van der Waals surface area contributed by atoms with E-state index in [0.717, 1.165) is 44.6 Å². The normalized spacial score (nSPS) is 20.4. The highest BCUT2D eigenvalue weighted by Crippen LogP contribution is 2.25. The molecule has 0 bridgehead atoms. The lowest BCUT2D eigenvalue weighted by molar-refractivity contribution is -0.144. The van der Waals surface area contributed by atoms with Gasteiger partial charge in [-0.1, -0.05) is 12.1 Å². The molecule has 0 N–H and O–H groups in total. The number of hydrogen-bond acceptors (Lipinski definition) is 5. The molecule has 134 valence electrons. The maximum atomic E-state index is 13.1. The van der Waals surface area contributed by atoms with E-state index in [1.807, 2.05) is 19.1 Å². The van der Waals surface area contributed by atoms with E-state index < -0.39 is 0 Å². The third kappa shape index (κ3) is 6.50. The summed E-state index contributed by atoms with van der Waals surface area (Å²) in [6.45, 7) is 5.78. The van der Waals surface area contributed by atoms with Crippen molar-refractivity contribution in [3.8, 4) is 0 Å². The molecule has 1 saturated heterocycles. The number of benzene rings is 1. The lowest BCUT2D eigenvalue weighted by atomic mass is 10.1. The van der Waals surface area contributed by atoms with Crippen molar-refractivity contribution in [3.63, 3.8) is 0 Å². The zero-order chi connectivity index (χ0) is 17.4. The van der Waals surface area contributed by atoms with E-state index in [2.05, 4.69) is 30.4 Å². The molecule has 1 aromatic carbocycles. The number of halogens is 2. The Labute approximate surface area is 159 Å². The second-order valence-electron chi connectivity index (χ2n) is 5.92. The summed E-state index contributed by atoms with van der Waals surface area (Å²) in [6.07, 6.45) is 2.62. The maximum absolute atomic E-state index is 13.1. The summed E-state index contributed by atoms with van der Waals surface area (Å²) in [6, 6.07) is 6.73. The average molecular weight is 466 g/mol. The van der Waals surface area contributed by atoms with Crippen LogP contribution in [-0.2, 0) is 16.1 Å². The van der Waals surface area contributed by atoms with Gasteiger partial charge in [-0.2, -0.15) is 0 Å². The highest BCUT2D eigenvalue weighted by molar-refractivity contribution is 14.2. The van der Waals surface area contributed by atoms with Crippen LogP contribution in [0.3, 0.4) is 0 Å². The van der Waals surface area contributed by atoms with Gasteiger partial charge in [0.15, 0.2) is 0 Å². The Bertz CT molecular complexity index is 518. The number of hydrogen-bond donors (Lipinski definition) is 0. The topological polar surface area (TPSA) is 32.8 Å². The Balaban J connectivity index is 2.10. The van der Waals surface area contributed by atoms with Crippen LogP contribution in [-0.4, -0.2) is 47.5 Å². The van der Waals surface area contributed by atoms with Gasteiger partial charge in [0.2, 0.25) is 0 Å². The van der Waals surface area contributed by atoms with Crippen molar-refractivity contribution in [2.24, 2.45) is 0 Å². The SMILES string of the molecule is CCOC(=O)CC1CN(SI)CCCCN1Cc1ccc(F)cc1. The fourth-order valence-corrected chi connectivity index (χ4v) is 4.43. The maximum Gasteiger partial charge on any atom is 0.307 e. The third-order valence-electron chi connectivity index (χ3n) is 4.14. The monoisotopic (exact) mass is 466 g/mol. The Hall–Kier alpha value is -0.380. The molecule has 1 unspecified atom stereocenters. The van der Waals surface area contributed by atoms with Gasteiger partial charge in [-0.15, -0.1) is 0 Å². The van der Waals surface area contributed by atoms with Crippen LogP contribution in [0.15, 0.2) is 24.3 Å². The minimum Gasteiger partial charge on any atom is -0.466 e. The summed E-state index contributed by atoms with van der Waals surface area (Å²) in [4.78, 5) is 14.4. The van der Waals surface area contributed by atoms with E-state index in [-0.39, 0.29) is 17.8 Å². The number of rotatable bonds is 6. The molecule has 2 rings (SSSR count). The number of carbonyl (C=O) groups excluding carboxylic acids is 1. The van der Waals surface area contributed by atoms with Crippen LogP contribution >= 0.6 is 30.3 Å². The zero-order valence-electron chi connectivity index (χ0n) is 13.9. The average Bonchev–Trinajstić information content (AvgIpc) is 2.55. The molecular weight excluding hydrogens is 442 g/mol. The van der Waals surface area contributed by atoms with Crippen LogP contribution in [0.25, 0.3) is 0 Å². The Morgan fingerprint density at radius 2 is 2.04 bits per heavy atom. The van der Waals surface area contributed by atoms with Crippen molar-refractivity contribution in [1.29, 1.82) is 0 Å². The van der Waals surface area contributed by atoms with Gasteiger partial charge in [-0.3, -0.25) is 9.69 Å². The van der Waals surface area contributed by atoms with Crippen LogP contribution in [0.4, 0.5) is 4.39 Å². The minimum atomic E-state index is -0.220. The van der Waals surface area contributed by atoms with Crippen LogP contribution in [0, 0.1) is 5.82 Å². The molecule has 4 nitrogen and oxygen atoms in total. The molecular formula is C17H24FIN2O2S. The van der Waals surface area contributed by atoms with Crippen molar-refractivity contribution in [2.45, 2.75) is 38.8 Å². The van der Waals surface area contributed by atoms with E-state index in [9.17, 15) is 9.18 Å². The quantitative estimate of drug-likeness (QED) is 0.359. The molecule has 7 heteroatoms. The molecule has 0 spiro atoms. The molecule has 1 fully saturated rings. The van der Waals surface area contributed by atoms with E-state index in [1.165, 1.54) is 12.1 Å².